The van der Waals surface area contributed by atoms with E-state index in [1.54, 1.807) is 41.5 Å². The van der Waals surface area contributed by atoms with Gasteiger partial charge in [-0.1, -0.05) is 12.1 Å². The number of carbonyl (C=O) groups excluding carboxylic acids is 2. The lowest BCUT2D eigenvalue weighted by Crippen LogP contribution is -2.33. The van der Waals surface area contributed by atoms with Crippen LogP contribution in [-0.4, -0.2) is 35.9 Å². The van der Waals surface area contributed by atoms with Crippen LogP contribution in [0.2, 0.25) is 0 Å². The third-order valence-corrected chi connectivity index (χ3v) is 4.34. The molecule has 7 heteroatoms. The summed E-state index contributed by atoms with van der Waals surface area (Å²) in [6.07, 6.45) is 0. The van der Waals surface area contributed by atoms with E-state index < -0.39 is 0 Å². The van der Waals surface area contributed by atoms with Gasteiger partial charge in [0, 0.05) is 19.0 Å². The van der Waals surface area contributed by atoms with E-state index in [9.17, 15) is 9.59 Å². The maximum absolute atomic E-state index is 12.3. The van der Waals surface area contributed by atoms with Gasteiger partial charge >= 0.3 is 6.03 Å². The number of carbonyl (C=O) groups is 2. The number of pyridine rings is 1. The molecule has 116 valence electrons. The second-order valence-electron chi connectivity index (χ2n) is 4.72. The summed E-state index contributed by atoms with van der Waals surface area (Å²) in [7, 11) is 3.26. The van der Waals surface area contributed by atoms with Crippen LogP contribution < -0.4 is 10.6 Å². The van der Waals surface area contributed by atoms with Crippen LogP contribution in [0.3, 0.4) is 0 Å². The molecule has 0 radical (unpaired) electrons. The smallest absolute Gasteiger partial charge is 0.323 e. The second-order valence-corrected chi connectivity index (χ2v) is 5.70. The predicted octanol–water partition coefficient (Wildman–Crippen LogP) is 2.73. The van der Waals surface area contributed by atoms with Crippen LogP contribution in [-0.2, 0) is 0 Å². The van der Waals surface area contributed by atoms with Crippen molar-refractivity contribution in [1.82, 2.24) is 15.2 Å². The summed E-state index contributed by atoms with van der Waals surface area (Å²) in [5, 5.41) is 7.18. The zero-order valence-corrected chi connectivity index (χ0v) is 13.5. The molecule has 0 bridgehead atoms. The van der Waals surface area contributed by atoms with Crippen LogP contribution in [0.4, 0.5) is 10.6 Å². The molecule has 1 atom stereocenters. The molecule has 22 heavy (non-hydrogen) atoms. The number of amides is 3. The topological polar surface area (TPSA) is 74.3 Å². The summed E-state index contributed by atoms with van der Waals surface area (Å²) in [6, 6.07) is 8.54. The van der Waals surface area contributed by atoms with Crippen LogP contribution in [0.25, 0.3) is 0 Å². The van der Waals surface area contributed by atoms with E-state index in [1.165, 1.54) is 7.05 Å². The minimum Gasteiger partial charge on any atom is -0.354 e. The van der Waals surface area contributed by atoms with Crippen molar-refractivity contribution < 1.29 is 9.59 Å². The lowest BCUT2D eigenvalue weighted by molar-refractivity contribution is 0.0958. The lowest BCUT2D eigenvalue weighted by atomic mass is 10.2. The quantitative estimate of drug-likeness (QED) is 0.910. The summed E-state index contributed by atoms with van der Waals surface area (Å²) in [5.41, 5.74) is 0.259. The molecule has 6 nitrogen and oxygen atoms in total. The molecule has 0 saturated carbocycles. The van der Waals surface area contributed by atoms with Gasteiger partial charge < -0.3 is 10.2 Å². The van der Waals surface area contributed by atoms with Crippen LogP contribution in [0.5, 0.6) is 0 Å². The van der Waals surface area contributed by atoms with Crippen molar-refractivity contribution in [3.05, 3.63) is 46.3 Å². The Balaban J connectivity index is 2.07. The molecule has 2 heterocycles. The molecule has 0 saturated heterocycles. The molecular formula is C15H18N4O2S. The third-order valence-electron chi connectivity index (χ3n) is 3.30. The third kappa shape index (κ3) is 3.62. The van der Waals surface area contributed by atoms with Gasteiger partial charge in [-0.3, -0.25) is 10.1 Å². The molecule has 3 amide bonds. The van der Waals surface area contributed by atoms with Gasteiger partial charge in [-0.25, -0.2) is 9.78 Å². The van der Waals surface area contributed by atoms with Crippen molar-refractivity contribution in [1.29, 1.82) is 0 Å². The van der Waals surface area contributed by atoms with Gasteiger partial charge in [-0.05, 0) is 30.5 Å². The average molecular weight is 318 g/mol. The molecule has 0 spiro atoms. The first-order chi connectivity index (χ1) is 10.5. The van der Waals surface area contributed by atoms with E-state index in [-0.39, 0.29) is 23.7 Å². The SMILES string of the molecule is CNC(=O)c1cccc(NC(=O)N(C)C(C)c2cccs2)n1. The molecular weight excluding hydrogens is 300 g/mol. The van der Waals surface area contributed by atoms with Gasteiger partial charge in [0.1, 0.15) is 11.5 Å². The number of nitrogens with zero attached hydrogens (tertiary/aromatic N) is 2. The number of hydrogen-bond acceptors (Lipinski definition) is 4. The highest BCUT2D eigenvalue weighted by molar-refractivity contribution is 7.10. The van der Waals surface area contributed by atoms with Crippen molar-refractivity contribution in [2.45, 2.75) is 13.0 Å². The number of aromatic nitrogens is 1. The summed E-state index contributed by atoms with van der Waals surface area (Å²) < 4.78 is 0. The van der Waals surface area contributed by atoms with Crippen LogP contribution >= 0.6 is 11.3 Å². The highest BCUT2D eigenvalue weighted by atomic mass is 32.1. The molecule has 1 unspecified atom stereocenters. The average Bonchev–Trinajstić information content (AvgIpc) is 3.07. The van der Waals surface area contributed by atoms with Crippen molar-refractivity contribution in [3.8, 4) is 0 Å². The molecule has 2 rings (SSSR count). The number of rotatable bonds is 4. The maximum Gasteiger partial charge on any atom is 0.323 e. The van der Waals surface area contributed by atoms with Crippen molar-refractivity contribution >= 4 is 29.1 Å². The van der Waals surface area contributed by atoms with Gasteiger partial charge in [0.25, 0.3) is 5.91 Å². The summed E-state index contributed by atoms with van der Waals surface area (Å²) in [5.74, 6) is 0.0488. The Labute approximate surface area is 133 Å². The normalized spacial score (nSPS) is 11.6. The Bertz CT molecular complexity index is 657. The molecule has 0 aliphatic rings. The van der Waals surface area contributed by atoms with Gasteiger partial charge in [-0.15, -0.1) is 11.3 Å². The molecule has 0 fully saturated rings. The van der Waals surface area contributed by atoms with Crippen LogP contribution in [0.15, 0.2) is 35.7 Å². The van der Waals surface area contributed by atoms with Gasteiger partial charge in [-0.2, -0.15) is 0 Å². The molecule has 0 aromatic carbocycles. The fourth-order valence-electron chi connectivity index (χ4n) is 1.85. The first-order valence-electron chi connectivity index (χ1n) is 6.79. The van der Waals surface area contributed by atoms with E-state index in [2.05, 4.69) is 15.6 Å². The monoisotopic (exact) mass is 318 g/mol. The molecule has 0 aliphatic carbocycles. The Kier molecular flexibility index (Phi) is 5.11. The van der Waals surface area contributed by atoms with E-state index >= 15 is 0 Å². The Morgan fingerprint density at radius 1 is 1.27 bits per heavy atom. The minimum atomic E-state index is -0.295. The zero-order valence-electron chi connectivity index (χ0n) is 12.7. The Morgan fingerprint density at radius 2 is 2.05 bits per heavy atom. The van der Waals surface area contributed by atoms with Gasteiger partial charge in [0.15, 0.2) is 0 Å². The van der Waals surface area contributed by atoms with Crippen LogP contribution in [0.1, 0.15) is 28.3 Å². The minimum absolute atomic E-state index is 0.0397. The van der Waals surface area contributed by atoms with Gasteiger partial charge in [0.05, 0.1) is 6.04 Å². The van der Waals surface area contributed by atoms with E-state index in [1.807, 2.05) is 24.4 Å². The van der Waals surface area contributed by atoms with Crippen LogP contribution in [0, 0.1) is 0 Å². The first-order valence-corrected chi connectivity index (χ1v) is 7.67. The second kappa shape index (κ2) is 7.04. The van der Waals surface area contributed by atoms with Gasteiger partial charge in [0.2, 0.25) is 0 Å². The molecule has 2 N–H and O–H groups in total. The number of anilines is 1. The van der Waals surface area contributed by atoms with E-state index in [4.69, 9.17) is 0 Å². The number of thiophene rings is 1. The van der Waals surface area contributed by atoms with Crippen molar-refractivity contribution in [3.63, 3.8) is 0 Å². The fourth-order valence-corrected chi connectivity index (χ4v) is 2.68. The molecule has 2 aromatic rings. The standard InChI is InChI=1S/C15H18N4O2S/c1-10(12-7-5-9-22-12)19(3)15(21)18-13-8-4-6-11(17-13)14(20)16-2/h4-10H,1-3H3,(H,16,20)(H,17,18,21). The van der Waals surface area contributed by atoms with Crippen molar-refractivity contribution in [2.24, 2.45) is 0 Å². The Morgan fingerprint density at radius 3 is 2.68 bits per heavy atom. The summed E-state index contributed by atoms with van der Waals surface area (Å²) in [6.45, 7) is 1.96. The number of urea groups is 1. The maximum atomic E-state index is 12.3. The number of hydrogen-bond donors (Lipinski definition) is 2. The largest absolute Gasteiger partial charge is 0.354 e. The summed E-state index contributed by atoms with van der Waals surface area (Å²) >= 11 is 1.60. The fraction of sp³-hybridized carbons (Fsp3) is 0.267. The molecule has 2 aromatic heterocycles. The first kappa shape index (κ1) is 16.0. The van der Waals surface area contributed by atoms with E-state index in [0.29, 0.717) is 5.82 Å². The van der Waals surface area contributed by atoms with E-state index in [0.717, 1.165) is 4.88 Å². The highest BCUT2D eigenvalue weighted by Gasteiger charge is 2.18. The van der Waals surface area contributed by atoms with Crippen molar-refractivity contribution in [2.75, 3.05) is 19.4 Å². The number of nitrogens with one attached hydrogen (secondary N) is 2. The zero-order chi connectivity index (χ0) is 16.1. The lowest BCUT2D eigenvalue weighted by Gasteiger charge is -2.24. The Hall–Kier alpha value is -2.41. The molecule has 0 aliphatic heterocycles. The summed E-state index contributed by atoms with van der Waals surface area (Å²) in [4.78, 5) is 30.7. The highest BCUT2D eigenvalue weighted by Crippen LogP contribution is 2.23. The predicted molar refractivity (Wildman–Crippen MR) is 87.1 cm³/mol.